The van der Waals surface area contributed by atoms with E-state index in [1.54, 1.807) is 6.92 Å². The van der Waals surface area contributed by atoms with E-state index in [1.807, 2.05) is 0 Å². The summed E-state index contributed by atoms with van der Waals surface area (Å²) in [4.78, 5) is 12.4. The fourth-order valence-corrected chi connectivity index (χ4v) is 5.89. The standard InChI is InChI=1S/C19H28O2/c1-18-9-7-13(20)11-12(18)3-4-14-15-5-6-17(21)19(15,2)10-8-16(14)18/h11,14-17,21H,3-10H2,1-2H3/t14-,15-,16-,17-,18-,19-/m0/s1/i7D2,9D2,11D. The Balaban J connectivity index is 1.85. The van der Waals surface area contributed by atoms with Crippen LogP contribution < -0.4 is 0 Å². The number of fused-ring (bicyclic) bond motifs is 5. The highest BCUT2D eigenvalue weighted by Crippen LogP contribution is 2.65. The molecule has 2 nitrogen and oxygen atoms in total. The summed E-state index contributed by atoms with van der Waals surface area (Å²) in [5.41, 5.74) is -0.760. The normalized spacial score (nSPS) is 61.5. The highest BCUT2D eigenvalue weighted by molar-refractivity contribution is 5.91. The summed E-state index contributed by atoms with van der Waals surface area (Å²) in [6.07, 6.45) is -0.838. The Labute approximate surface area is 135 Å². The van der Waals surface area contributed by atoms with Crippen molar-refractivity contribution in [2.75, 3.05) is 0 Å². The smallest absolute Gasteiger partial charge is 0.155 e. The quantitative estimate of drug-likeness (QED) is 0.736. The van der Waals surface area contributed by atoms with Crippen LogP contribution in [0.15, 0.2) is 11.6 Å². The molecule has 0 saturated heterocycles. The molecule has 1 N–H and O–H groups in total. The maximum atomic E-state index is 12.4. The summed E-state index contributed by atoms with van der Waals surface area (Å²) in [6, 6.07) is -0.300. The van der Waals surface area contributed by atoms with Crippen molar-refractivity contribution in [3.63, 3.8) is 0 Å². The number of allylic oxidation sites excluding steroid dienone is 1. The molecule has 0 unspecified atom stereocenters. The Morgan fingerprint density at radius 3 is 2.90 bits per heavy atom. The van der Waals surface area contributed by atoms with Gasteiger partial charge in [-0.3, -0.25) is 4.79 Å². The second-order valence-electron chi connectivity index (χ2n) is 7.94. The SMILES string of the molecule is [2H]C1=C2CC[C@H]3[C@@H]4CC[C@H](O)[C@@]4(C)CC[C@@H]3[C@@]2(C)C([2H])([2H])C([2H])([2H])C1=O. The minimum absolute atomic E-state index is 0.0897. The minimum atomic E-state index is -2.68. The minimum Gasteiger partial charge on any atom is -0.393 e. The topological polar surface area (TPSA) is 37.3 Å². The highest BCUT2D eigenvalue weighted by atomic mass is 16.3. The van der Waals surface area contributed by atoms with Crippen LogP contribution in [0.4, 0.5) is 0 Å². The third kappa shape index (κ3) is 1.78. The van der Waals surface area contributed by atoms with E-state index in [0.29, 0.717) is 24.3 Å². The molecule has 0 aromatic rings. The van der Waals surface area contributed by atoms with Gasteiger partial charge in [0.25, 0.3) is 0 Å². The molecule has 2 heteroatoms. The molecular weight excluding hydrogens is 260 g/mol. The van der Waals surface area contributed by atoms with Crippen molar-refractivity contribution in [3.8, 4) is 0 Å². The zero-order valence-electron chi connectivity index (χ0n) is 17.9. The van der Waals surface area contributed by atoms with Crippen molar-refractivity contribution in [2.45, 2.75) is 71.2 Å². The largest absolute Gasteiger partial charge is 0.393 e. The Bertz CT molecular complexity index is 702. The van der Waals surface area contributed by atoms with Gasteiger partial charge < -0.3 is 5.11 Å². The first-order valence-electron chi connectivity index (χ1n) is 10.8. The first kappa shape index (κ1) is 9.50. The number of aliphatic hydroxyl groups excluding tert-OH is 1. The Morgan fingerprint density at radius 1 is 1.29 bits per heavy atom. The lowest BCUT2D eigenvalue weighted by Crippen LogP contribution is -2.51. The molecule has 6 atom stereocenters. The lowest BCUT2D eigenvalue weighted by Gasteiger charge is -2.57. The number of hydrogen-bond acceptors (Lipinski definition) is 2. The second kappa shape index (κ2) is 4.44. The van der Waals surface area contributed by atoms with Gasteiger partial charge in [-0.2, -0.15) is 0 Å². The van der Waals surface area contributed by atoms with Gasteiger partial charge in [0, 0.05) is 11.9 Å². The number of hydrogen-bond donors (Lipinski definition) is 1. The predicted octanol–water partition coefficient (Wildman–Crippen LogP) is 3.88. The Hall–Kier alpha value is -0.630. The van der Waals surface area contributed by atoms with E-state index >= 15 is 0 Å². The first-order valence-corrected chi connectivity index (χ1v) is 8.34. The van der Waals surface area contributed by atoms with Crippen LogP contribution in [0.2, 0.25) is 0 Å². The van der Waals surface area contributed by atoms with Crippen molar-refractivity contribution in [1.29, 1.82) is 0 Å². The molecule has 0 aromatic heterocycles. The van der Waals surface area contributed by atoms with Gasteiger partial charge in [-0.25, -0.2) is 0 Å². The summed E-state index contributed by atoms with van der Waals surface area (Å²) in [7, 11) is 0. The molecule has 4 aliphatic rings. The van der Waals surface area contributed by atoms with E-state index in [2.05, 4.69) is 6.92 Å². The monoisotopic (exact) mass is 293 g/mol. The molecule has 0 aromatic carbocycles. The van der Waals surface area contributed by atoms with Gasteiger partial charge in [0.15, 0.2) is 5.78 Å². The van der Waals surface area contributed by atoms with E-state index in [1.165, 1.54) is 0 Å². The van der Waals surface area contributed by atoms with E-state index in [4.69, 9.17) is 6.85 Å². The van der Waals surface area contributed by atoms with Gasteiger partial charge in [-0.15, -0.1) is 0 Å². The average Bonchev–Trinajstić information content (AvgIpc) is 2.88. The summed E-state index contributed by atoms with van der Waals surface area (Å²) >= 11 is 0. The number of carbonyl (C=O) groups excluding carboxylic acids is 1. The summed E-state index contributed by atoms with van der Waals surface area (Å²) in [5, 5.41) is 10.5. The fraction of sp³-hybridized carbons (Fsp3) is 0.842. The maximum Gasteiger partial charge on any atom is 0.155 e. The summed E-state index contributed by atoms with van der Waals surface area (Å²) in [5.74, 6) is -0.576. The van der Waals surface area contributed by atoms with Crippen molar-refractivity contribution in [3.05, 3.63) is 11.6 Å². The second-order valence-corrected chi connectivity index (χ2v) is 7.94. The van der Waals surface area contributed by atoms with Crippen LogP contribution in [-0.2, 0) is 4.79 Å². The third-order valence-corrected chi connectivity index (χ3v) is 7.18. The summed E-state index contributed by atoms with van der Waals surface area (Å²) < 4.78 is 42.0. The number of ketones is 1. The molecule has 0 bridgehead atoms. The average molecular weight is 293 g/mol. The van der Waals surface area contributed by atoms with Crippen LogP contribution in [0.3, 0.4) is 0 Å². The van der Waals surface area contributed by atoms with Gasteiger partial charge >= 0.3 is 0 Å². The van der Waals surface area contributed by atoms with Crippen LogP contribution in [0.5, 0.6) is 0 Å². The zero-order valence-corrected chi connectivity index (χ0v) is 12.9. The van der Waals surface area contributed by atoms with Crippen molar-refractivity contribution >= 4 is 5.78 Å². The molecular formula is C19H28O2. The van der Waals surface area contributed by atoms with Crippen LogP contribution in [0, 0.1) is 28.6 Å². The summed E-state index contributed by atoms with van der Waals surface area (Å²) in [6.45, 7) is 3.90. The first-order chi connectivity index (χ1) is 11.9. The van der Waals surface area contributed by atoms with Crippen molar-refractivity contribution < 1.29 is 16.8 Å². The highest BCUT2D eigenvalue weighted by Gasteiger charge is 2.58. The van der Waals surface area contributed by atoms with Crippen LogP contribution >= 0.6 is 0 Å². The van der Waals surface area contributed by atoms with E-state index < -0.39 is 23.9 Å². The maximum absolute atomic E-state index is 12.4. The zero-order chi connectivity index (χ0) is 19.3. The third-order valence-electron chi connectivity index (χ3n) is 7.18. The van der Waals surface area contributed by atoms with Gasteiger partial charge in [-0.05, 0) is 79.5 Å². The molecule has 0 heterocycles. The number of carbonyl (C=O) groups is 1. The van der Waals surface area contributed by atoms with Gasteiger partial charge in [-0.1, -0.05) is 19.4 Å². The van der Waals surface area contributed by atoms with Crippen LogP contribution in [0.25, 0.3) is 0 Å². The molecule has 0 amide bonds. The molecule has 4 aliphatic carbocycles. The van der Waals surface area contributed by atoms with Gasteiger partial charge in [0.1, 0.15) is 0 Å². The van der Waals surface area contributed by atoms with Crippen molar-refractivity contribution in [1.82, 2.24) is 0 Å². The number of aliphatic hydroxyl groups is 1. The molecule has 21 heavy (non-hydrogen) atoms. The molecule has 0 spiro atoms. The molecule has 3 fully saturated rings. The van der Waals surface area contributed by atoms with Crippen LogP contribution in [0.1, 0.15) is 72.0 Å². The molecule has 0 aliphatic heterocycles. The Morgan fingerprint density at radius 2 is 2.10 bits per heavy atom. The van der Waals surface area contributed by atoms with Crippen molar-refractivity contribution in [2.24, 2.45) is 28.6 Å². The van der Waals surface area contributed by atoms with Gasteiger partial charge in [0.2, 0.25) is 0 Å². The molecule has 0 radical (unpaired) electrons. The lowest BCUT2D eigenvalue weighted by molar-refractivity contribution is -0.118. The lowest BCUT2D eigenvalue weighted by atomic mass is 9.47. The van der Waals surface area contributed by atoms with E-state index in [9.17, 15) is 9.90 Å². The molecule has 116 valence electrons. The van der Waals surface area contributed by atoms with E-state index in [-0.39, 0.29) is 29.4 Å². The van der Waals surface area contributed by atoms with Crippen LogP contribution in [-0.4, -0.2) is 17.0 Å². The Kier molecular flexibility index (Phi) is 2.01. The molecule has 4 rings (SSSR count). The number of rotatable bonds is 0. The predicted molar refractivity (Wildman–Crippen MR) is 82.7 cm³/mol. The molecule has 3 saturated carbocycles. The van der Waals surface area contributed by atoms with E-state index in [0.717, 1.165) is 25.7 Å². The fourth-order valence-electron chi connectivity index (χ4n) is 5.89. The van der Waals surface area contributed by atoms with Gasteiger partial charge in [0.05, 0.1) is 7.47 Å².